The van der Waals surface area contributed by atoms with Crippen LogP contribution in [0, 0.1) is 5.41 Å². The summed E-state index contributed by atoms with van der Waals surface area (Å²) in [4.78, 5) is 38.7. The summed E-state index contributed by atoms with van der Waals surface area (Å²) in [5.41, 5.74) is 1.45. The number of benzene rings is 1. The second-order valence-corrected chi connectivity index (χ2v) is 9.13. The molecule has 1 aromatic rings. The molecule has 0 spiro atoms. The van der Waals surface area contributed by atoms with Crippen molar-refractivity contribution in [2.75, 3.05) is 27.8 Å². The predicted octanol–water partition coefficient (Wildman–Crippen LogP) is 2.67. The molecule has 32 heavy (non-hydrogen) atoms. The van der Waals surface area contributed by atoms with Gasteiger partial charge in [-0.25, -0.2) is 5.01 Å². The Balaban J connectivity index is 1.66. The van der Waals surface area contributed by atoms with Crippen molar-refractivity contribution in [1.82, 2.24) is 9.91 Å². The minimum atomic E-state index is -0.659. The summed E-state index contributed by atoms with van der Waals surface area (Å²) >= 11 is 0. The molecule has 3 aliphatic rings. The third-order valence-electron chi connectivity index (χ3n) is 6.40. The van der Waals surface area contributed by atoms with Crippen molar-refractivity contribution in [2.24, 2.45) is 10.5 Å². The summed E-state index contributed by atoms with van der Waals surface area (Å²) in [6, 6.07) is 4.57. The van der Waals surface area contributed by atoms with Crippen molar-refractivity contribution < 1.29 is 23.9 Å². The zero-order chi connectivity index (χ0) is 23.4. The van der Waals surface area contributed by atoms with E-state index in [1.165, 1.54) is 24.2 Å². The third kappa shape index (κ3) is 3.30. The molecule has 168 valence electrons. The van der Waals surface area contributed by atoms with Gasteiger partial charge in [0.15, 0.2) is 0 Å². The van der Waals surface area contributed by atoms with Crippen LogP contribution < -0.4 is 0 Å². The van der Waals surface area contributed by atoms with Gasteiger partial charge >= 0.3 is 0 Å². The lowest BCUT2D eigenvalue weighted by Crippen LogP contribution is -2.42. The number of amides is 3. The minimum absolute atomic E-state index is 0.233. The first kappa shape index (κ1) is 22.1. The van der Waals surface area contributed by atoms with E-state index < -0.39 is 16.9 Å². The number of imide groups is 1. The molecule has 0 aromatic heterocycles. The molecule has 0 bridgehead atoms. The fraction of sp³-hybridized carbons (Fsp3) is 0.417. The predicted molar refractivity (Wildman–Crippen MR) is 119 cm³/mol. The van der Waals surface area contributed by atoms with Crippen molar-refractivity contribution in [3.63, 3.8) is 0 Å². The monoisotopic (exact) mass is 437 g/mol. The number of methoxy groups -OCH3 is 2. The van der Waals surface area contributed by atoms with E-state index in [0.717, 1.165) is 16.2 Å². The topological polar surface area (TPSA) is 88.5 Å². The van der Waals surface area contributed by atoms with Crippen LogP contribution in [-0.2, 0) is 9.47 Å². The zero-order valence-electron chi connectivity index (χ0n) is 19.1. The number of carbonyl (C=O) groups excluding carboxylic acids is 3. The second kappa shape index (κ2) is 7.50. The molecule has 0 fully saturated rings. The zero-order valence-corrected chi connectivity index (χ0v) is 19.1. The van der Waals surface area contributed by atoms with Gasteiger partial charge in [0.25, 0.3) is 17.7 Å². The number of carbonyl (C=O) groups is 3. The van der Waals surface area contributed by atoms with Crippen LogP contribution in [0.1, 0.15) is 51.8 Å². The van der Waals surface area contributed by atoms with Gasteiger partial charge < -0.3 is 9.47 Å². The molecule has 4 rings (SSSR count). The Labute approximate surface area is 187 Å². The smallest absolute Gasteiger partial charge is 0.274 e. The van der Waals surface area contributed by atoms with E-state index in [1.54, 1.807) is 20.3 Å². The molecular formula is C24H27N3O5. The average Bonchev–Trinajstić information content (AvgIpc) is 3.21. The Bertz CT molecular complexity index is 1120. The van der Waals surface area contributed by atoms with Crippen molar-refractivity contribution in [2.45, 2.75) is 32.5 Å². The maximum absolute atomic E-state index is 13.2. The van der Waals surface area contributed by atoms with Gasteiger partial charge in [-0.2, -0.15) is 5.10 Å². The number of hydrogen-bond donors (Lipinski definition) is 0. The Kier molecular flexibility index (Phi) is 5.18. The standard InChI is InChI=1S/C24H27N3O5/c1-23(2)13-27(25-19(23)15-8-10-18(31-5)24(3,12-15)32-6)20(28)14-7-9-16-17(11-14)22(30)26(4)21(16)29/h7-12,18H,13H2,1-6H3. The summed E-state index contributed by atoms with van der Waals surface area (Å²) in [5.74, 6) is -1.09. The molecule has 2 unspecified atom stereocenters. The van der Waals surface area contributed by atoms with E-state index in [9.17, 15) is 14.4 Å². The first-order chi connectivity index (χ1) is 15.0. The third-order valence-corrected chi connectivity index (χ3v) is 6.40. The van der Waals surface area contributed by atoms with E-state index in [-0.39, 0.29) is 23.5 Å². The fourth-order valence-corrected chi connectivity index (χ4v) is 4.41. The summed E-state index contributed by atoms with van der Waals surface area (Å²) in [5, 5.41) is 6.08. The average molecular weight is 437 g/mol. The second-order valence-electron chi connectivity index (χ2n) is 9.13. The summed E-state index contributed by atoms with van der Waals surface area (Å²) in [6.07, 6.45) is 5.62. The number of hydrogen-bond acceptors (Lipinski definition) is 6. The van der Waals surface area contributed by atoms with E-state index in [1.807, 2.05) is 39.0 Å². The van der Waals surface area contributed by atoms with Crippen LogP contribution in [0.15, 0.2) is 47.1 Å². The van der Waals surface area contributed by atoms with Crippen molar-refractivity contribution >= 4 is 23.4 Å². The Morgan fingerprint density at radius 2 is 1.81 bits per heavy atom. The molecule has 3 amide bonds. The SMILES string of the molecule is COC1C=CC(C2=NN(C(=O)c3ccc4c(c3)C(=O)N(C)C4=O)CC2(C)C)=CC1(C)OC. The number of hydrazone groups is 1. The van der Waals surface area contributed by atoms with Gasteiger partial charge in [-0.05, 0) is 36.8 Å². The van der Waals surface area contributed by atoms with Gasteiger partial charge in [0.05, 0.1) is 23.4 Å². The number of nitrogens with zero attached hydrogens (tertiary/aromatic N) is 3. The molecule has 0 radical (unpaired) electrons. The molecule has 2 aliphatic heterocycles. The molecule has 2 atom stereocenters. The summed E-state index contributed by atoms with van der Waals surface area (Å²) < 4.78 is 11.2. The largest absolute Gasteiger partial charge is 0.374 e. The molecular weight excluding hydrogens is 410 g/mol. The van der Waals surface area contributed by atoms with Gasteiger partial charge in [-0.1, -0.05) is 26.0 Å². The summed E-state index contributed by atoms with van der Waals surface area (Å²) in [6.45, 7) is 6.38. The first-order valence-corrected chi connectivity index (χ1v) is 10.4. The van der Waals surface area contributed by atoms with E-state index >= 15 is 0 Å². The highest BCUT2D eigenvalue weighted by Crippen LogP contribution is 2.36. The van der Waals surface area contributed by atoms with Crippen molar-refractivity contribution in [3.8, 4) is 0 Å². The molecule has 0 N–H and O–H groups in total. The van der Waals surface area contributed by atoms with Crippen LogP contribution in [0.25, 0.3) is 0 Å². The van der Waals surface area contributed by atoms with Crippen LogP contribution in [0.2, 0.25) is 0 Å². The van der Waals surface area contributed by atoms with Crippen molar-refractivity contribution in [3.05, 3.63) is 58.7 Å². The molecule has 1 aliphatic carbocycles. The van der Waals surface area contributed by atoms with E-state index in [4.69, 9.17) is 9.47 Å². The Morgan fingerprint density at radius 3 is 2.47 bits per heavy atom. The molecule has 0 saturated heterocycles. The maximum atomic E-state index is 13.2. The lowest BCUT2D eigenvalue weighted by molar-refractivity contribution is -0.0545. The quantitative estimate of drug-likeness (QED) is 0.676. The molecule has 8 nitrogen and oxygen atoms in total. The van der Waals surface area contributed by atoms with Crippen LogP contribution >= 0.6 is 0 Å². The maximum Gasteiger partial charge on any atom is 0.274 e. The van der Waals surface area contributed by atoms with Gasteiger partial charge in [0, 0.05) is 32.2 Å². The summed E-state index contributed by atoms with van der Waals surface area (Å²) in [7, 11) is 4.70. The highest BCUT2D eigenvalue weighted by Gasteiger charge is 2.42. The van der Waals surface area contributed by atoms with Gasteiger partial charge in [-0.3, -0.25) is 19.3 Å². The van der Waals surface area contributed by atoms with E-state index in [2.05, 4.69) is 5.10 Å². The highest BCUT2D eigenvalue weighted by molar-refractivity contribution is 6.22. The van der Waals surface area contributed by atoms with Crippen LogP contribution in [0.3, 0.4) is 0 Å². The van der Waals surface area contributed by atoms with Crippen LogP contribution in [0.4, 0.5) is 0 Å². The van der Waals surface area contributed by atoms with Gasteiger partial charge in [0.1, 0.15) is 11.7 Å². The van der Waals surface area contributed by atoms with Crippen molar-refractivity contribution in [1.29, 1.82) is 0 Å². The minimum Gasteiger partial charge on any atom is -0.374 e. The van der Waals surface area contributed by atoms with Gasteiger partial charge in [0.2, 0.25) is 0 Å². The van der Waals surface area contributed by atoms with Gasteiger partial charge in [-0.15, -0.1) is 0 Å². The molecule has 0 saturated carbocycles. The van der Waals surface area contributed by atoms with Crippen LogP contribution in [0.5, 0.6) is 0 Å². The Hall–Kier alpha value is -3.10. The molecule has 2 heterocycles. The lowest BCUT2D eigenvalue weighted by atomic mass is 9.79. The fourth-order valence-electron chi connectivity index (χ4n) is 4.41. The molecule has 8 heteroatoms. The van der Waals surface area contributed by atoms with Crippen LogP contribution in [-0.4, -0.2) is 72.9 Å². The number of allylic oxidation sites excluding steroid dienone is 2. The van der Waals surface area contributed by atoms with E-state index in [0.29, 0.717) is 17.7 Å². The number of fused-ring (bicyclic) bond motifs is 1. The Morgan fingerprint density at radius 1 is 1.12 bits per heavy atom. The highest BCUT2D eigenvalue weighted by atomic mass is 16.5. The molecule has 1 aromatic carbocycles. The normalized spacial score (nSPS) is 26.4. The lowest BCUT2D eigenvalue weighted by Gasteiger charge is -2.35. The number of ether oxygens (including phenoxy) is 2. The first-order valence-electron chi connectivity index (χ1n) is 10.4. The number of rotatable bonds is 4.